The van der Waals surface area contributed by atoms with Gasteiger partial charge in [0.15, 0.2) is 6.61 Å². The Balaban J connectivity index is 1.53. The fourth-order valence-electron chi connectivity index (χ4n) is 2.49. The molecule has 1 heterocycles. The molecular formula is C22H19N3O3. The Morgan fingerprint density at radius 1 is 1.07 bits per heavy atom. The van der Waals surface area contributed by atoms with Gasteiger partial charge in [0.05, 0.1) is 11.6 Å². The Hall–Kier alpha value is -3.85. The number of hydrogen-bond acceptors (Lipinski definition) is 5. The third-order valence-corrected chi connectivity index (χ3v) is 4.02. The Kier molecular flexibility index (Phi) is 5.87. The number of carbonyl (C=O) groups excluding carboxylic acids is 1. The third-order valence-electron chi connectivity index (χ3n) is 4.02. The molecule has 0 fully saturated rings. The van der Waals surface area contributed by atoms with Crippen molar-refractivity contribution in [1.29, 1.82) is 5.26 Å². The summed E-state index contributed by atoms with van der Waals surface area (Å²) in [5.74, 6) is 1.61. The Labute approximate surface area is 163 Å². The van der Waals surface area contributed by atoms with E-state index >= 15 is 0 Å². The van der Waals surface area contributed by atoms with Gasteiger partial charge in [-0.25, -0.2) is 5.43 Å². The van der Waals surface area contributed by atoms with Crippen molar-refractivity contribution in [2.75, 3.05) is 6.61 Å². The van der Waals surface area contributed by atoms with Gasteiger partial charge in [-0.05, 0) is 61.4 Å². The van der Waals surface area contributed by atoms with Gasteiger partial charge in [0.2, 0.25) is 0 Å². The van der Waals surface area contributed by atoms with Crippen LogP contribution < -0.4 is 10.2 Å². The molecule has 0 aliphatic rings. The first-order chi connectivity index (χ1) is 13.5. The fourth-order valence-corrected chi connectivity index (χ4v) is 2.49. The van der Waals surface area contributed by atoms with Crippen LogP contribution in [-0.2, 0) is 4.79 Å². The van der Waals surface area contributed by atoms with Crippen LogP contribution in [0, 0.1) is 18.3 Å². The number of nitrogens with one attached hydrogen (secondary N) is 1. The van der Waals surface area contributed by atoms with Gasteiger partial charge >= 0.3 is 0 Å². The van der Waals surface area contributed by atoms with Crippen LogP contribution in [0.2, 0.25) is 0 Å². The minimum absolute atomic E-state index is 0.149. The van der Waals surface area contributed by atoms with Crippen molar-refractivity contribution in [3.8, 4) is 22.9 Å². The van der Waals surface area contributed by atoms with Gasteiger partial charge in [-0.3, -0.25) is 4.79 Å². The van der Waals surface area contributed by atoms with Crippen molar-refractivity contribution in [2.24, 2.45) is 5.10 Å². The van der Waals surface area contributed by atoms with E-state index in [4.69, 9.17) is 14.4 Å². The van der Waals surface area contributed by atoms with Crippen LogP contribution in [0.4, 0.5) is 0 Å². The van der Waals surface area contributed by atoms with Crippen LogP contribution in [0.25, 0.3) is 11.1 Å². The van der Waals surface area contributed by atoms with Crippen molar-refractivity contribution < 1.29 is 13.9 Å². The molecule has 1 N–H and O–H groups in total. The molecule has 0 spiro atoms. The average molecular weight is 373 g/mol. The molecule has 1 amide bonds. The molecule has 140 valence electrons. The minimum atomic E-state index is -0.362. The second-order valence-electron chi connectivity index (χ2n) is 6.14. The number of amides is 1. The number of hydrogen-bond donors (Lipinski definition) is 1. The van der Waals surface area contributed by atoms with E-state index in [9.17, 15) is 4.79 Å². The van der Waals surface area contributed by atoms with Crippen LogP contribution >= 0.6 is 0 Å². The summed E-state index contributed by atoms with van der Waals surface area (Å²) in [5, 5.41) is 12.9. The van der Waals surface area contributed by atoms with E-state index in [2.05, 4.69) is 16.6 Å². The van der Waals surface area contributed by atoms with E-state index in [0.717, 1.165) is 16.9 Å². The zero-order valence-electron chi connectivity index (χ0n) is 15.6. The standard InChI is InChI=1S/C22H19N3O3/c1-15-3-12-21(28-15)16(2)24-25-22(26)14-27-20-10-8-19(9-11-20)18-6-4-17(13-23)5-7-18/h3-12H,14H2,1-2H3,(H,25,26)/b24-16+. The summed E-state index contributed by atoms with van der Waals surface area (Å²) in [6, 6.07) is 20.4. The maximum Gasteiger partial charge on any atom is 0.277 e. The normalized spacial score (nSPS) is 11.0. The van der Waals surface area contributed by atoms with Crippen LogP contribution in [-0.4, -0.2) is 18.2 Å². The second-order valence-corrected chi connectivity index (χ2v) is 6.14. The lowest BCUT2D eigenvalue weighted by molar-refractivity contribution is -0.123. The topological polar surface area (TPSA) is 87.6 Å². The first-order valence-corrected chi connectivity index (χ1v) is 8.68. The van der Waals surface area contributed by atoms with Gasteiger partial charge in [0, 0.05) is 0 Å². The highest BCUT2D eigenvalue weighted by atomic mass is 16.5. The molecule has 2 aromatic carbocycles. The lowest BCUT2D eigenvalue weighted by Gasteiger charge is -2.07. The highest BCUT2D eigenvalue weighted by Gasteiger charge is 2.06. The Morgan fingerprint density at radius 2 is 1.71 bits per heavy atom. The minimum Gasteiger partial charge on any atom is -0.484 e. The van der Waals surface area contributed by atoms with Gasteiger partial charge in [0.25, 0.3) is 5.91 Å². The number of hydrazone groups is 1. The number of nitriles is 1. The predicted octanol–water partition coefficient (Wildman–Crippen LogP) is 4.05. The van der Waals surface area contributed by atoms with Crippen LogP contribution in [0.15, 0.2) is 70.2 Å². The summed E-state index contributed by atoms with van der Waals surface area (Å²) in [5.41, 5.74) is 5.64. The summed E-state index contributed by atoms with van der Waals surface area (Å²) >= 11 is 0. The highest BCUT2D eigenvalue weighted by molar-refractivity contribution is 5.96. The summed E-state index contributed by atoms with van der Waals surface area (Å²) < 4.78 is 10.9. The van der Waals surface area contributed by atoms with E-state index in [-0.39, 0.29) is 12.5 Å². The fraction of sp³-hybridized carbons (Fsp3) is 0.136. The zero-order chi connectivity index (χ0) is 19.9. The molecule has 0 saturated heterocycles. The van der Waals surface area contributed by atoms with E-state index in [1.165, 1.54) is 0 Å². The summed E-state index contributed by atoms with van der Waals surface area (Å²) in [4.78, 5) is 11.9. The molecular weight excluding hydrogens is 354 g/mol. The number of rotatable bonds is 6. The number of aryl methyl sites for hydroxylation is 1. The largest absolute Gasteiger partial charge is 0.484 e. The number of ether oxygens (including phenoxy) is 1. The van der Waals surface area contributed by atoms with E-state index in [0.29, 0.717) is 22.8 Å². The molecule has 0 bridgehead atoms. The van der Waals surface area contributed by atoms with Gasteiger partial charge < -0.3 is 9.15 Å². The van der Waals surface area contributed by atoms with Crippen LogP contribution in [0.1, 0.15) is 24.0 Å². The molecule has 6 heteroatoms. The SMILES string of the molecule is C/C(=N\NC(=O)COc1ccc(-c2ccc(C#N)cc2)cc1)c1ccc(C)o1. The summed E-state index contributed by atoms with van der Waals surface area (Å²) in [7, 11) is 0. The third kappa shape index (κ3) is 4.86. The van der Waals surface area contributed by atoms with Gasteiger partial charge in [-0.2, -0.15) is 10.4 Å². The van der Waals surface area contributed by atoms with Crippen molar-refractivity contribution >= 4 is 11.6 Å². The van der Waals surface area contributed by atoms with Crippen molar-refractivity contribution in [1.82, 2.24) is 5.43 Å². The lowest BCUT2D eigenvalue weighted by Crippen LogP contribution is -2.25. The van der Waals surface area contributed by atoms with E-state index < -0.39 is 0 Å². The van der Waals surface area contributed by atoms with E-state index in [1.54, 1.807) is 37.3 Å². The Morgan fingerprint density at radius 3 is 2.29 bits per heavy atom. The molecule has 0 aliphatic carbocycles. The molecule has 0 saturated carbocycles. The first-order valence-electron chi connectivity index (χ1n) is 8.68. The molecule has 28 heavy (non-hydrogen) atoms. The van der Waals surface area contributed by atoms with Crippen LogP contribution in [0.3, 0.4) is 0 Å². The first kappa shape index (κ1) is 18.9. The smallest absolute Gasteiger partial charge is 0.277 e. The van der Waals surface area contributed by atoms with Crippen molar-refractivity contribution in [2.45, 2.75) is 13.8 Å². The molecule has 3 rings (SSSR count). The number of furan rings is 1. The molecule has 1 aromatic heterocycles. The van der Waals surface area contributed by atoms with Crippen molar-refractivity contribution in [3.63, 3.8) is 0 Å². The van der Waals surface area contributed by atoms with Crippen molar-refractivity contribution in [3.05, 3.63) is 77.7 Å². The van der Waals surface area contributed by atoms with Gasteiger partial charge in [0.1, 0.15) is 23.0 Å². The number of nitrogens with zero attached hydrogens (tertiary/aromatic N) is 2. The predicted molar refractivity (Wildman–Crippen MR) is 106 cm³/mol. The molecule has 0 radical (unpaired) electrons. The maximum atomic E-state index is 11.9. The number of benzene rings is 2. The summed E-state index contributed by atoms with van der Waals surface area (Å²) in [6.45, 7) is 3.45. The average Bonchev–Trinajstić information content (AvgIpc) is 3.17. The monoisotopic (exact) mass is 373 g/mol. The Bertz CT molecular complexity index is 1030. The highest BCUT2D eigenvalue weighted by Crippen LogP contribution is 2.22. The molecule has 3 aromatic rings. The summed E-state index contributed by atoms with van der Waals surface area (Å²) in [6.07, 6.45) is 0. The van der Waals surface area contributed by atoms with Crippen LogP contribution in [0.5, 0.6) is 5.75 Å². The zero-order valence-corrected chi connectivity index (χ0v) is 15.6. The van der Waals surface area contributed by atoms with Gasteiger partial charge in [-0.15, -0.1) is 0 Å². The quantitative estimate of drug-likeness (QED) is 0.522. The molecule has 0 atom stereocenters. The maximum absolute atomic E-state index is 11.9. The second kappa shape index (κ2) is 8.69. The number of carbonyl (C=O) groups is 1. The molecule has 0 unspecified atom stereocenters. The molecule has 6 nitrogen and oxygen atoms in total. The van der Waals surface area contributed by atoms with E-state index in [1.807, 2.05) is 37.3 Å². The molecule has 0 aliphatic heterocycles. The van der Waals surface area contributed by atoms with Gasteiger partial charge in [-0.1, -0.05) is 24.3 Å². The lowest BCUT2D eigenvalue weighted by atomic mass is 10.0.